The summed E-state index contributed by atoms with van der Waals surface area (Å²) < 4.78 is 26.7. The second kappa shape index (κ2) is 12.4. The van der Waals surface area contributed by atoms with Crippen molar-refractivity contribution in [2.75, 3.05) is 19.0 Å². The molecule has 1 heterocycles. The van der Waals surface area contributed by atoms with E-state index in [1.54, 1.807) is 24.3 Å². The van der Waals surface area contributed by atoms with Gasteiger partial charge in [0, 0.05) is 32.7 Å². The SMILES string of the molecule is CC[C@H](C)c1nc2ccc(Br)cc2c(=O)n1N=Cc1cc(Cl)cc(OC)c1OCC(=O)Nc1cccc(F)c1. The van der Waals surface area contributed by atoms with E-state index in [0.717, 1.165) is 10.9 Å². The zero-order chi connectivity index (χ0) is 28.1. The molecule has 4 aromatic rings. The lowest BCUT2D eigenvalue weighted by molar-refractivity contribution is -0.118. The highest BCUT2D eigenvalue weighted by Gasteiger charge is 2.18. The van der Waals surface area contributed by atoms with Crippen molar-refractivity contribution in [2.24, 2.45) is 5.10 Å². The summed E-state index contributed by atoms with van der Waals surface area (Å²) in [5, 5.41) is 7.78. The van der Waals surface area contributed by atoms with Crippen LogP contribution in [-0.4, -0.2) is 35.5 Å². The molecule has 1 aromatic heterocycles. The maximum Gasteiger partial charge on any atom is 0.282 e. The average Bonchev–Trinajstić information content (AvgIpc) is 2.91. The van der Waals surface area contributed by atoms with Crippen molar-refractivity contribution in [1.82, 2.24) is 9.66 Å². The number of amides is 1. The third-order valence-corrected chi connectivity index (χ3v) is 6.63. The van der Waals surface area contributed by atoms with Crippen LogP contribution in [0, 0.1) is 5.82 Å². The lowest BCUT2D eigenvalue weighted by Crippen LogP contribution is -2.24. The van der Waals surface area contributed by atoms with Crippen molar-refractivity contribution in [3.05, 3.63) is 91.7 Å². The first-order valence-electron chi connectivity index (χ1n) is 12.0. The summed E-state index contributed by atoms with van der Waals surface area (Å²) in [6, 6.07) is 13.9. The van der Waals surface area contributed by atoms with E-state index in [1.165, 1.54) is 42.3 Å². The Morgan fingerprint density at radius 3 is 2.77 bits per heavy atom. The molecule has 0 aliphatic heterocycles. The van der Waals surface area contributed by atoms with Crippen LogP contribution in [0.3, 0.4) is 0 Å². The number of nitrogens with one attached hydrogen (secondary N) is 1. The van der Waals surface area contributed by atoms with Crippen LogP contribution in [0.1, 0.15) is 37.6 Å². The highest BCUT2D eigenvalue weighted by atomic mass is 79.9. The number of ether oxygens (including phenoxy) is 2. The first-order valence-corrected chi connectivity index (χ1v) is 13.2. The maximum absolute atomic E-state index is 13.5. The molecule has 0 saturated carbocycles. The molecule has 1 N–H and O–H groups in total. The number of aromatic nitrogens is 2. The fraction of sp³-hybridized carbons (Fsp3) is 0.214. The fourth-order valence-electron chi connectivity index (χ4n) is 3.79. The van der Waals surface area contributed by atoms with Gasteiger partial charge in [-0.3, -0.25) is 9.59 Å². The third-order valence-electron chi connectivity index (χ3n) is 5.92. The van der Waals surface area contributed by atoms with E-state index in [9.17, 15) is 14.0 Å². The Morgan fingerprint density at radius 1 is 1.26 bits per heavy atom. The summed E-state index contributed by atoms with van der Waals surface area (Å²) in [5.41, 5.74) is 0.900. The molecule has 8 nitrogen and oxygen atoms in total. The quantitative estimate of drug-likeness (QED) is 0.221. The van der Waals surface area contributed by atoms with E-state index in [0.29, 0.717) is 33.0 Å². The van der Waals surface area contributed by atoms with E-state index in [1.807, 2.05) is 19.9 Å². The smallest absolute Gasteiger partial charge is 0.282 e. The van der Waals surface area contributed by atoms with Gasteiger partial charge in [-0.05, 0) is 48.9 Å². The van der Waals surface area contributed by atoms with Crippen molar-refractivity contribution in [3.8, 4) is 11.5 Å². The zero-order valence-electron chi connectivity index (χ0n) is 21.4. The summed E-state index contributed by atoms with van der Waals surface area (Å²) in [6.07, 6.45) is 2.15. The first-order chi connectivity index (χ1) is 18.7. The van der Waals surface area contributed by atoms with Crippen molar-refractivity contribution >= 4 is 56.2 Å². The standard InChI is InChI=1S/C28H25BrClFN4O4/c1-4-16(2)27-34-23-9-8-18(29)11-22(23)28(37)35(27)32-14-17-10-19(30)12-24(38-3)26(17)39-15-25(36)33-21-7-5-6-20(31)13-21/h5-14,16H,4,15H2,1-3H3,(H,33,36)/t16-/m0/s1. The van der Waals surface area contributed by atoms with Gasteiger partial charge >= 0.3 is 0 Å². The van der Waals surface area contributed by atoms with E-state index in [-0.39, 0.29) is 23.0 Å². The Balaban J connectivity index is 1.71. The molecular weight excluding hydrogens is 591 g/mol. The lowest BCUT2D eigenvalue weighted by atomic mass is 10.1. The third kappa shape index (κ3) is 6.63. The summed E-state index contributed by atoms with van der Waals surface area (Å²) in [6.45, 7) is 3.56. The number of benzene rings is 3. The lowest BCUT2D eigenvalue weighted by Gasteiger charge is -2.15. The van der Waals surface area contributed by atoms with Crippen molar-refractivity contribution in [2.45, 2.75) is 26.2 Å². The van der Waals surface area contributed by atoms with E-state index in [4.69, 9.17) is 26.1 Å². The Bertz CT molecular complexity index is 1630. The Hall–Kier alpha value is -3.76. The normalized spacial score (nSPS) is 12.1. The number of nitrogens with zero attached hydrogens (tertiary/aromatic N) is 3. The minimum absolute atomic E-state index is 0.0565. The number of rotatable bonds is 9. The molecule has 4 rings (SSSR count). The first kappa shape index (κ1) is 28.3. The predicted octanol–water partition coefficient (Wildman–Crippen LogP) is 6.37. The number of fused-ring (bicyclic) bond motifs is 1. The number of hydrogen-bond acceptors (Lipinski definition) is 6. The molecule has 1 amide bonds. The summed E-state index contributed by atoms with van der Waals surface area (Å²) in [4.78, 5) is 30.7. The van der Waals surface area contributed by atoms with E-state index < -0.39 is 18.3 Å². The molecule has 11 heteroatoms. The number of carbonyl (C=O) groups is 1. The topological polar surface area (TPSA) is 94.8 Å². The molecule has 1 atom stereocenters. The number of methoxy groups -OCH3 is 1. The van der Waals surface area contributed by atoms with Gasteiger partial charge in [0.15, 0.2) is 18.1 Å². The van der Waals surface area contributed by atoms with Gasteiger partial charge in [0.25, 0.3) is 11.5 Å². The number of anilines is 1. The number of carbonyl (C=O) groups excluding carboxylic acids is 1. The highest BCUT2D eigenvalue weighted by molar-refractivity contribution is 9.10. The summed E-state index contributed by atoms with van der Waals surface area (Å²) in [7, 11) is 1.43. The largest absolute Gasteiger partial charge is 0.493 e. The van der Waals surface area contributed by atoms with Gasteiger partial charge in [-0.25, -0.2) is 9.37 Å². The molecule has 3 aromatic carbocycles. The Morgan fingerprint density at radius 2 is 2.05 bits per heavy atom. The second-order valence-corrected chi connectivity index (χ2v) is 10.0. The zero-order valence-corrected chi connectivity index (χ0v) is 23.7. The van der Waals surface area contributed by atoms with Gasteiger partial charge < -0.3 is 14.8 Å². The molecule has 0 unspecified atom stereocenters. The highest BCUT2D eigenvalue weighted by Crippen LogP contribution is 2.34. The predicted molar refractivity (Wildman–Crippen MR) is 154 cm³/mol. The van der Waals surface area contributed by atoms with Gasteiger partial charge in [0.05, 0.1) is 24.2 Å². The van der Waals surface area contributed by atoms with E-state index >= 15 is 0 Å². The fourth-order valence-corrected chi connectivity index (χ4v) is 4.37. The molecule has 0 spiro atoms. The van der Waals surface area contributed by atoms with Crippen LogP contribution in [0.2, 0.25) is 5.02 Å². The van der Waals surface area contributed by atoms with Crippen LogP contribution in [0.15, 0.2) is 69.0 Å². The van der Waals surface area contributed by atoms with Gasteiger partial charge in [-0.1, -0.05) is 47.4 Å². The van der Waals surface area contributed by atoms with Gasteiger partial charge in [-0.15, -0.1) is 0 Å². The monoisotopic (exact) mass is 614 g/mol. The van der Waals surface area contributed by atoms with Crippen molar-refractivity contribution in [1.29, 1.82) is 0 Å². The van der Waals surface area contributed by atoms with Gasteiger partial charge in [0.2, 0.25) is 0 Å². The number of hydrogen-bond donors (Lipinski definition) is 1. The van der Waals surface area contributed by atoms with Crippen LogP contribution in [-0.2, 0) is 4.79 Å². The van der Waals surface area contributed by atoms with Gasteiger partial charge in [-0.2, -0.15) is 9.78 Å². The molecular formula is C28H25BrClFN4O4. The molecule has 0 aliphatic carbocycles. The molecule has 202 valence electrons. The van der Waals surface area contributed by atoms with Gasteiger partial charge in [0.1, 0.15) is 11.6 Å². The maximum atomic E-state index is 13.5. The molecule has 0 fully saturated rings. The number of halogens is 3. The second-order valence-electron chi connectivity index (χ2n) is 8.68. The Labute approximate surface area is 237 Å². The minimum atomic E-state index is -0.514. The molecule has 39 heavy (non-hydrogen) atoms. The Kier molecular flexibility index (Phi) is 8.98. The minimum Gasteiger partial charge on any atom is -0.493 e. The van der Waals surface area contributed by atoms with E-state index in [2.05, 4.69) is 26.3 Å². The molecule has 0 radical (unpaired) electrons. The van der Waals surface area contributed by atoms with Crippen LogP contribution in [0.5, 0.6) is 11.5 Å². The molecule has 0 bridgehead atoms. The molecule has 0 aliphatic rings. The van der Waals surface area contributed by atoms with Crippen LogP contribution >= 0.6 is 27.5 Å². The summed E-state index contributed by atoms with van der Waals surface area (Å²) in [5.74, 6) is -0.0972. The summed E-state index contributed by atoms with van der Waals surface area (Å²) >= 11 is 9.70. The molecule has 0 saturated heterocycles. The van der Waals surface area contributed by atoms with Crippen LogP contribution < -0.4 is 20.3 Å². The van der Waals surface area contributed by atoms with Crippen molar-refractivity contribution in [3.63, 3.8) is 0 Å². The van der Waals surface area contributed by atoms with Crippen LogP contribution in [0.4, 0.5) is 10.1 Å². The van der Waals surface area contributed by atoms with Crippen LogP contribution in [0.25, 0.3) is 10.9 Å². The van der Waals surface area contributed by atoms with Crippen molar-refractivity contribution < 1.29 is 18.7 Å². The average molecular weight is 616 g/mol.